The number of hydrogen-bond donors (Lipinski definition) is 0. The van der Waals surface area contributed by atoms with E-state index in [1.807, 2.05) is 79.5 Å². The molecular weight excluding hydrogens is 438 g/mol. The van der Waals surface area contributed by atoms with E-state index in [2.05, 4.69) is 44.7 Å². The number of hydrogen-bond acceptors (Lipinski definition) is 3. The Morgan fingerprint density at radius 2 is 1.80 bits per heavy atom. The molecule has 0 N–H and O–H groups in total. The van der Waals surface area contributed by atoms with Crippen LogP contribution >= 0.6 is 15.9 Å². The molecule has 0 radical (unpaired) electrons. The van der Waals surface area contributed by atoms with E-state index in [1.54, 1.807) is 6.34 Å². The first-order valence-electron chi connectivity index (χ1n) is 9.75. The first-order chi connectivity index (χ1) is 14.5. The standard InChI is InChI=1S/C25H24BrN3O/c1-4-29(3)18-27-24-16-23(26)25(28-19(24)2)30-17-22-12-8-11-21(15-22)14-13-20-9-6-5-7-10-20/h5-12,15-16,18H,4,17H2,1-3H3. The predicted molar refractivity (Wildman–Crippen MR) is 126 cm³/mol. The van der Waals surface area contributed by atoms with Crippen molar-refractivity contribution in [2.75, 3.05) is 13.6 Å². The van der Waals surface area contributed by atoms with Gasteiger partial charge in [-0.05, 0) is 65.7 Å². The van der Waals surface area contributed by atoms with Gasteiger partial charge in [0.2, 0.25) is 5.88 Å². The molecule has 3 aromatic rings. The van der Waals surface area contributed by atoms with Gasteiger partial charge in [0.05, 0.1) is 22.2 Å². The lowest BCUT2D eigenvalue weighted by molar-refractivity contribution is 0.291. The van der Waals surface area contributed by atoms with Crippen molar-refractivity contribution < 1.29 is 4.74 Å². The first kappa shape index (κ1) is 21.6. The third-order valence-electron chi connectivity index (χ3n) is 4.43. The van der Waals surface area contributed by atoms with Gasteiger partial charge in [-0.1, -0.05) is 42.2 Å². The van der Waals surface area contributed by atoms with Gasteiger partial charge in [0.15, 0.2) is 0 Å². The molecule has 30 heavy (non-hydrogen) atoms. The summed E-state index contributed by atoms with van der Waals surface area (Å²) in [4.78, 5) is 11.1. The number of aromatic nitrogens is 1. The Labute approximate surface area is 186 Å². The molecule has 0 aliphatic rings. The number of aryl methyl sites for hydroxylation is 1. The number of halogens is 1. The first-order valence-corrected chi connectivity index (χ1v) is 10.5. The fourth-order valence-electron chi connectivity index (χ4n) is 2.58. The van der Waals surface area contributed by atoms with Crippen LogP contribution in [0.15, 0.2) is 70.1 Å². The Hall–Kier alpha value is -3.10. The quantitative estimate of drug-likeness (QED) is 0.266. The molecule has 0 spiro atoms. The summed E-state index contributed by atoms with van der Waals surface area (Å²) in [5.41, 5.74) is 4.61. The number of nitrogens with zero attached hydrogens (tertiary/aromatic N) is 3. The zero-order valence-electron chi connectivity index (χ0n) is 17.4. The van der Waals surface area contributed by atoms with Crippen LogP contribution < -0.4 is 4.74 Å². The molecule has 0 amide bonds. The lowest BCUT2D eigenvalue weighted by Gasteiger charge is -2.11. The smallest absolute Gasteiger partial charge is 0.228 e. The highest BCUT2D eigenvalue weighted by molar-refractivity contribution is 9.10. The summed E-state index contributed by atoms with van der Waals surface area (Å²) in [6.45, 7) is 5.31. The topological polar surface area (TPSA) is 37.7 Å². The summed E-state index contributed by atoms with van der Waals surface area (Å²) >= 11 is 3.55. The van der Waals surface area contributed by atoms with Gasteiger partial charge in [0.25, 0.3) is 0 Å². The van der Waals surface area contributed by atoms with Crippen LogP contribution in [0.2, 0.25) is 0 Å². The summed E-state index contributed by atoms with van der Waals surface area (Å²) in [6, 6.07) is 19.9. The van der Waals surface area contributed by atoms with E-state index in [9.17, 15) is 0 Å². The minimum Gasteiger partial charge on any atom is -0.472 e. The molecule has 0 fully saturated rings. The van der Waals surface area contributed by atoms with Gasteiger partial charge in [-0.25, -0.2) is 9.98 Å². The highest BCUT2D eigenvalue weighted by atomic mass is 79.9. The molecule has 1 aromatic heterocycles. The molecule has 0 aliphatic heterocycles. The highest BCUT2D eigenvalue weighted by Crippen LogP contribution is 2.30. The number of pyridine rings is 1. The second-order valence-corrected chi connectivity index (χ2v) is 7.66. The molecule has 152 valence electrons. The predicted octanol–water partition coefficient (Wildman–Crippen LogP) is 5.74. The van der Waals surface area contributed by atoms with Crippen LogP contribution in [0.1, 0.15) is 29.3 Å². The number of ether oxygens (including phenoxy) is 1. The van der Waals surface area contributed by atoms with Crippen molar-refractivity contribution in [1.29, 1.82) is 0 Å². The van der Waals surface area contributed by atoms with Gasteiger partial charge in [0, 0.05) is 24.7 Å². The van der Waals surface area contributed by atoms with E-state index in [0.29, 0.717) is 12.5 Å². The molecule has 0 saturated heterocycles. The van der Waals surface area contributed by atoms with E-state index in [-0.39, 0.29) is 0 Å². The van der Waals surface area contributed by atoms with Crippen molar-refractivity contribution in [1.82, 2.24) is 9.88 Å². The van der Waals surface area contributed by atoms with Crippen LogP contribution in [-0.2, 0) is 6.61 Å². The van der Waals surface area contributed by atoms with Gasteiger partial charge < -0.3 is 9.64 Å². The lowest BCUT2D eigenvalue weighted by atomic mass is 10.1. The van der Waals surface area contributed by atoms with Crippen LogP contribution in [-0.4, -0.2) is 29.8 Å². The lowest BCUT2D eigenvalue weighted by Crippen LogP contribution is -2.14. The number of rotatable bonds is 6. The SMILES string of the molecule is CCN(C)C=Nc1cc(Br)c(OCc2cccc(C#Cc3ccccc3)c2)nc1C. The molecule has 0 bridgehead atoms. The summed E-state index contributed by atoms with van der Waals surface area (Å²) in [5, 5.41) is 0. The van der Waals surface area contributed by atoms with Crippen molar-refractivity contribution in [3.8, 4) is 17.7 Å². The van der Waals surface area contributed by atoms with Crippen LogP contribution in [0, 0.1) is 18.8 Å². The molecule has 3 rings (SSSR count). The maximum absolute atomic E-state index is 5.95. The zero-order chi connectivity index (χ0) is 21.3. The average molecular weight is 462 g/mol. The normalized spacial score (nSPS) is 10.5. The third-order valence-corrected chi connectivity index (χ3v) is 5.00. The van der Waals surface area contributed by atoms with E-state index in [4.69, 9.17) is 4.74 Å². The Balaban J connectivity index is 1.69. The van der Waals surface area contributed by atoms with Crippen LogP contribution in [0.25, 0.3) is 0 Å². The molecule has 4 nitrogen and oxygen atoms in total. The second-order valence-electron chi connectivity index (χ2n) is 6.80. The van der Waals surface area contributed by atoms with Crippen molar-refractivity contribution in [3.05, 3.63) is 87.5 Å². The van der Waals surface area contributed by atoms with Crippen LogP contribution in [0.3, 0.4) is 0 Å². The summed E-state index contributed by atoms with van der Waals surface area (Å²) in [7, 11) is 1.98. The monoisotopic (exact) mass is 461 g/mol. The zero-order valence-corrected chi connectivity index (χ0v) is 19.0. The Morgan fingerprint density at radius 1 is 1.07 bits per heavy atom. The Bertz CT molecular complexity index is 1080. The van der Waals surface area contributed by atoms with Crippen molar-refractivity contribution in [3.63, 3.8) is 0 Å². The van der Waals surface area contributed by atoms with Gasteiger partial charge in [-0.2, -0.15) is 0 Å². The fraction of sp³-hybridized carbons (Fsp3) is 0.200. The van der Waals surface area contributed by atoms with Gasteiger partial charge in [0.1, 0.15) is 6.61 Å². The molecular formula is C25H24BrN3O. The second kappa shape index (κ2) is 10.6. The highest BCUT2D eigenvalue weighted by Gasteiger charge is 2.09. The summed E-state index contributed by atoms with van der Waals surface area (Å²) in [6.07, 6.45) is 1.80. The van der Waals surface area contributed by atoms with E-state index < -0.39 is 0 Å². The van der Waals surface area contributed by atoms with E-state index in [0.717, 1.165) is 39.1 Å². The van der Waals surface area contributed by atoms with Gasteiger partial charge in [-0.15, -0.1) is 0 Å². The van der Waals surface area contributed by atoms with Crippen molar-refractivity contribution >= 4 is 28.0 Å². The van der Waals surface area contributed by atoms with Crippen molar-refractivity contribution in [2.45, 2.75) is 20.5 Å². The maximum atomic E-state index is 5.95. The molecule has 0 aliphatic carbocycles. The molecule has 0 unspecified atom stereocenters. The summed E-state index contributed by atoms with van der Waals surface area (Å²) in [5.74, 6) is 6.94. The minimum atomic E-state index is 0.410. The summed E-state index contributed by atoms with van der Waals surface area (Å²) < 4.78 is 6.73. The molecule has 2 aromatic carbocycles. The van der Waals surface area contributed by atoms with Gasteiger partial charge >= 0.3 is 0 Å². The molecule has 5 heteroatoms. The molecule has 0 saturated carbocycles. The van der Waals surface area contributed by atoms with Gasteiger partial charge in [-0.3, -0.25) is 0 Å². The van der Waals surface area contributed by atoms with E-state index in [1.165, 1.54) is 0 Å². The number of aliphatic imine (C=N–C) groups is 1. The maximum Gasteiger partial charge on any atom is 0.228 e. The third kappa shape index (κ3) is 6.20. The minimum absolute atomic E-state index is 0.410. The number of benzene rings is 2. The average Bonchev–Trinajstić information content (AvgIpc) is 2.77. The largest absolute Gasteiger partial charge is 0.472 e. The molecule has 1 heterocycles. The molecule has 0 atom stereocenters. The van der Waals surface area contributed by atoms with Crippen molar-refractivity contribution in [2.24, 2.45) is 4.99 Å². The Kier molecular flexibility index (Phi) is 7.64. The van der Waals surface area contributed by atoms with Crippen LogP contribution in [0.4, 0.5) is 5.69 Å². The fourth-order valence-corrected chi connectivity index (χ4v) is 3.00. The van der Waals surface area contributed by atoms with E-state index >= 15 is 0 Å². The Morgan fingerprint density at radius 3 is 2.57 bits per heavy atom. The van der Waals surface area contributed by atoms with Crippen LogP contribution in [0.5, 0.6) is 5.88 Å².